The van der Waals surface area contributed by atoms with Gasteiger partial charge in [-0.3, -0.25) is 4.79 Å². The lowest BCUT2D eigenvalue weighted by atomic mass is 10.2. The molecule has 0 saturated heterocycles. The minimum atomic E-state index is -0.282. The second-order valence-electron chi connectivity index (χ2n) is 6.56. The largest absolute Gasteiger partial charge is 0.489 e. The van der Waals surface area contributed by atoms with E-state index in [4.69, 9.17) is 16.3 Å². The van der Waals surface area contributed by atoms with Crippen LogP contribution in [0.5, 0.6) is 5.75 Å². The van der Waals surface area contributed by atoms with Crippen molar-refractivity contribution in [1.82, 2.24) is 9.97 Å². The standard InChI is InChI=1S/C24H18ClN3O2/c25-20-8-6-18(7-9-20)23-26-14-19(15-27-23)24(29)28-21-10-12-22(13-11-21)30-16-17-4-2-1-3-5-17/h1-15H,16H2,(H,28,29). The molecule has 0 atom stereocenters. The Kier molecular flexibility index (Phi) is 6.01. The average molecular weight is 416 g/mol. The SMILES string of the molecule is O=C(Nc1ccc(OCc2ccccc2)cc1)c1cnc(-c2ccc(Cl)cc2)nc1. The Labute approximate surface area is 179 Å². The monoisotopic (exact) mass is 415 g/mol. The van der Waals surface area contributed by atoms with Crippen molar-refractivity contribution in [3.8, 4) is 17.1 Å². The number of amides is 1. The molecule has 3 aromatic carbocycles. The summed E-state index contributed by atoms with van der Waals surface area (Å²) in [5.41, 5.74) is 2.96. The fourth-order valence-electron chi connectivity index (χ4n) is 2.77. The van der Waals surface area contributed by atoms with Crippen molar-refractivity contribution in [2.24, 2.45) is 0 Å². The number of nitrogens with one attached hydrogen (secondary N) is 1. The van der Waals surface area contributed by atoms with Crippen LogP contribution in [-0.2, 0) is 6.61 Å². The number of carbonyl (C=O) groups excluding carboxylic acids is 1. The summed E-state index contributed by atoms with van der Waals surface area (Å²) in [6, 6.07) is 24.4. The normalized spacial score (nSPS) is 10.4. The lowest BCUT2D eigenvalue weighted by molar-refractivity contribution is 0.102. The fraction of sp³-hybridized carbons (Fsp3) is 0.0417. The number of anilines is 1. The summed E-state index contributed by atoms with van der Waals surface area (Å²) in [5.74, 6) is 0.978. The van der Waals surface area contributed by atoms with Crippen LogP contribution in [0.1, 0.15) is 15.9 Å². The van der Waals surface area contributed by atoms with Crippen LogP contribution in [0, 0.1) is 0 Å². The molecule has 1 aromatic heterocycles. The molecule has 0 aliphatic heterocycles. The third-order valence-electron chi connectivity index (χ3n) is 4.38. The number of rotatable bonds is 6. The summed E-state index contributed by atoms with van der Waals surface area (Å²) in [5, 5.41) is 3.48. The van der Waals surface area contributed by atoms with Crippen LogP contribution in [0.25, 0.3) is 11.4 Å². The summed E-state index contributed by atoms with van der Waals surface area (Å²) in [4.78, 5) is 21.0. The van der Waals surface area contributed by atoms with E-state index in [1.165, 1.54) is 12.4 Å². The van der Waals surface area contributed by atoms with Gasteiger partial charge in [0.15, 0.2) is 5.82 Å². The molecule has 0 unspecified atom stereocenters. The van der Waals surface area contributed by atoms with Crippen molar-refractivity contribution in [2.75, 3.05) is 5.32 Å². The summed E-state index contributed by atoms with van der Waals surface area (Å²) < 4.78 is 5.76. The van der Waals surface area contributed by atoms with Crippen molar-refractivity contribution in [2.45, 2.75) is 6.61 Å². The second kappa shape index (κ2) is 9.20. The van der Waals surface area contributed by atoms with E-state index < -0.39 is 0 Å². The predicted octanol–water partition coefficient (Wildman–Crippen LogP) is 5.63. The lowest BCUT2D eigenvalue weighted by Gasteiger charge is -2.09. The maximum atomic E-state index is 12.5. The van der Waals surface area contributed by atoms with Crippen LogP contribution >= 0.6 is 11.6 Å². The Balaban J connectivity index is 1.35. The van der Waals surface area contributed by atoms with Crippen LogP contribution in [0.4, 0.5) is 5.69 Å². The number of hydrogen-bond acceptors (Lipinski definition) is 4. The molecule has 148 valence electrons. The number of aromatic nitrogens is 2. The molecule has 0 fully saturated rings. The van der Waals surface area contributed by atoms with Crippen molar-refractivity contribution in [3.05, 3.63) is 107 Å². The highest BCUT2D eigenvalue weighted by molar-refractivity contribution is 6.30. The topological polar surface area (TPSA) is 64.1 Å². The molecule has 30 heavy (non-hydrogen) atoms. The highest BCUT2D eigenvalue weighted by Gasteiger charge is 2.09. The lowest BCUT2D eigenvalue weighted by Crippen LogP contribution is -2.12. The zero-order valence-corrected chi connectivity index (χ0v) is 16.7. The maximum Gasteiger partial charge on any atom is 0.258 e. The van der Waals surface area contributed by atoms with E-state index in [0.717, 1.165) is 16.9 Å². The quantitative estimate of drug-likeness (QED) is 0.443. The van der Waals surface area contributed by atoms with Crippen molar-refractivity contribution < 1.29 is 9.53 Å². The molecule has 0 aliphatic rings. The number of carbonyl (C=O) groups is 1. The molecule has 0 spiro atoms. The number of ether oxygens (including phenoxy) is 1. The molecule has 4 rings (SSSR count). The van der Waals surface area contributed by atoms with Gasteiger partial charge in [0.1, 0.15) is 12.4 Å². The molecule has 1 heterocycles. The molecule has 0 aliphatic carbocycles. The third-order valence-corrected chi connectivity index (χ3v) is 4.63. The van der Waals surface area contributed by atoms with Crippen LogP contribution in [0.2, 0.25) is 5.02 Å². The van der Waals surface area contributed by atoms with Crippen LogP contribution < -0.4 is 10.1 Å². The van der Waals surface area contributed by atoms with E-state index in [1.54, 1.807) is 24.3 Å². The molecule has 1 amide bonds. The van der Waals surface area contributed by atoms with E-state index in [9.17, 15) is 4.79 Å². The Hall–Kier alpha value is -3.70. The van der Waals surface area contributed by atoms with Gasteiger partial charge in [-0.2, -0.15) is 0 Å². The molecule has 4 aromatic rings. The molecular formula is C24H18ClN3O2. The molecule has 6 heteroatoms. The second-order valence-corrected chi connectivity index (χ2v) is 6.99. The predicted molar refractivity (Wildman–Crippen MR) is 118 cm³/mol. The molecular weight excluding hydrogens is 398 g/mol. The first-order valence-electron chi connectivity index (χ1n) is 9.33. The van der Waals surface area contributed by atoms with Gasteiger partial charge in [0.05, 0.1) is 5.56 Å². The smallest absolute Gasteiger partial charge is 0.258 e. The van der Waals surface area contributed by atoms with Gasteiger partial charge in [-0.15, -0.1) is 0 Å². The van der Waals surface area contributed by atoms with E-state index >= 15 is 0 Å². The molecule has 5 nitrogen and oxygen atoms in total. The average Bonchev–Trinajstić information content (AvgIpc) is 2.80. The van der Waals surface area contributed by atoms with Crippen LogP contribution in [-0.4, -0.2) is 15.9 Å². The number of benzene rings is 3. The minimum absolute atomic E-state index is 0.282. The molecule has 1 N–H and O–H groups in total. The first-order valence-corrected chi connectivity index (χ1v) is 9.71. The Morgan fingerprint density at radius 2 is 1.53 bits per heavy atom. The van der Waals surface area contributed by atoms with E-state index in [-0.39, 0.29) is 5.91 Å². The van der Waals surface area contributed by atoms with Gasteiger partial charge in [-0.05, 0) is 54.1 Å². The summed E-state index contributed by atoms with van der Waals surface area (Å²) in [6.45, 7) is 0.490. The Morgan fingerprint density at radius 1 is 0.867 bits per heavy atom. The van der Waals surface area contributed by atoms with E-state index in [1.807, 2.05) is 54.6 Å². The van der Waals surface area contributed by atoms with Crippen LogP contribution in [0.15, 0.2) is 91.3 Å². The molecule has 0 saturated carbocycles. The first kappa shape index (κ1) is 19.6. The van der Waals surface area contributed by atoms with Crippen molar-refractivity contribution >= 4 is 23.2 Å². The van der Waals surface area contributed by atoms with Crippen molar-refractivity contribution in [1.29, 1.82) is 0 Å². The Bertz CT molecular complexity index is 1110. The van der Waals surface area contributed by atoms with Gasteiger partial charge in [0.25, 0.3) is 5.91 Å². The van der Waals surface area contributed by atoms with Crippen molar-refractivity contribution in [3.63, 3.8) is 0 Å². The molecule has 0 radical (unpaired) electrons. The highest BCUT2D eigenvalue weighted by atomic mass is 35.5. The Morgan fingerprint density at radius 3 is 2.20 bits per heavy atom. The highest BCUT2D eigenvalue weighted by Crippen LogP contribution is 2.19. The minimum Gasteiger partial charge on any atom is -0.489 e. The summed E-state index contributed by atoms with van der Waals surface area (Å²) in [6.07, 6.45) is 3.01. The number of nitrogens with zero attached hydrogens (tertiary/aromatic N) is 2. The zero-order chi connectivity index (χ0) is 20.8. The summed E-state index contributed by atoms with van der Waals surface area (Å²) >= 11 is 5.90. The van der Waals surface area contributed by atoms with Gasteiger partial charge in [0.2, 0.25) is 0 Å². The van der Waals surface area contributed by atoms with Gasteiger partial charge in [-0.25, -0.2) is 9.97 Å². The van der Waals surface area contributed by atoms with Crippen LogP contribution in [0.3, 0.4) is 0 Å². The number of halogens is 1. The zero-order valence-electron chi connectivity index (χ0n) is 16.0. The van der Waals surface area contributed by atoms with Gasteiger partial charge in [0, 0.05) is 28.7 Å². The van der Waals surface area contributed by atoms with Gasteiger partial charge >= 0.3 is 0 Å². The fourth-order valence-corrected chi connectivity index (χ4v) is 2.90. The van der Waals surface area contributed by atoms with E-state index in [0.29, 0.717) is 28.7 Å². The van der Waals surface area contributed by atoms with E-state index in [2.05, 4.69) is 15.3 Å². The van der Waals surface area contributed by atoms with Gasteiger partial charge in [-0.1, -0.05) is 41.9 Å². The summed E-state index contributed by atoms with van der Waals surface area (Å²) in [7, 11) is 0. The maximum absolute atomic E-state index is 12.5. The third kappa shape index (κ3) is 5.01. The first-order chi connectivity index (χ1) is 14.7. The number of hydrogen-bond donors (Lipinski definition) is 1. The van der Waals surface area contributed by atoms with Gasteiger partial charge < -0.3 is 10.1 Å². The molecule has 0 bridgehead atoms.